The molecule has 2 nitrogen and oxygen atoms in total. The summed E-state index contributed by atoms with van der Waals surface area (Å²) >= 11 is 7.23. The number of halogens is 2. The molecule has 0 aliphatic rings. The van der Waals surface area contributed by atoms with Gasteiger partial charge in [0.15, 0.2) is 11.6 Å². The van der Waals surface area contributed by atoms with Crippen molar-refractivity contribution in [2.24, 2.45) is 0 Å². The molecule has 1 atom stereocenters. The number of nitrogens with zero attached hydrogens (tertiary/aromatic N) is 1. The Morgan fingerprint density at radius 3 is 3.00 bits per heavy atom. The highest BCUT2D eigenvalue weighted by Gasteiger charge is 2.10. The molecule has 0 spiro atoms. The zero-order chi connectivity index (χ0) is 11.5. The van der Waals surface area contributed by atoms with Gasteiger partial charge < -0.3 is 5.32 Å². The lowest BCUT2D eigenvalue weighted by Gasteiger charge is -2.13. The standard InChI is InChI=1S/C11H10ClFN2S/c1-7(8-2-3-16-6-8)15-11-10(13)4-9(12)5-14-11/h2-7H,1H3,(H,14,15). The molecule has 5 heteroatoms. The van der Waals surface area contributed by atoms with Crippen LogP contribution >= 0.6 is 22.9 Å². The predicted molar refractivity (Wildman–Crippen MR) is 65.6 cm³/mol. The summed E-state index contributed by atoms with van der Waals surface area (Å²) in [4.78, 5) is 3.91. The van der Waals surface area contributed by atoms with Crippen molar-refractivity contribution in [1.29, 1.82) is 0 Å². The number of aromatic nitrogens is 1. The maximum Gasteiger partial charge on any atom is 0.166 e. The van der Waals surface area contributed by atoms with E-state index in [-0.39, 0.29) is 11.9 Å². The summed E-state index contributed by atoms with van der Waals surface area (Å²) in [6, 6.07) is 3.27. The number of pyridine rings is 1. The van der Waals surface area contributed by atoms with Gasteiger partial charge in [-0.15, -0.1) is 0 Å². The van der Waals surface area contributed by atoms with Crippen LogP contribution in [0.3, 0.4) is 0 Å². The van der Waals surface area contributed by atoms with Crippen molar-refractivity contribution < 1.29 is 4.39 Å². The van der Waals surface area contributed by atoms with Crippen molar-refractivity contribution >= 4 is 28.8 Å². The van der Waals surface area contributed by atoms with Crippen LogP contribution in [0.15, 0.2) is 29.1 Å². The van der Waals surface area contributed by atoms with Crippen LogP contribution in [0.4, 0.5) is 10.2 Å². The minimum Gasteiger partial charge on any atom is -0.361 e. The van der Waals surface area contributed by atoms with E-state index in [9.17, 15) is 4.39 Å². The summed E-state index contributed by atoms with van der Waals surface area (Å²) < 4.78 is 13.4. The van der Waals surface area contributed by atoms with Crippen LogP contribution in [0.25, 0.3) is 0 Å². The van der Waals surface area contributed by atoms with Gasteiger partial charge in [-0.25, -0.2) is 9.37 Å². The van der Waals surface area contributed by atoms with Crippen molar-refractivity contribution in [3.8, 4) is 0 Å². The Morgan fingerprint density at radius 2 is 2.38 bits per heavy atom. The SMILES string of the molecule is CC(Nc1ncc(Cl)cc1F)c1ccsc1. The second-order valence-corrected chi connectivity index (χ2v) is 4.62. The molecule has 1 N–H and O–H groups in total. The summed E-state index contributed by atoms with van der Waals surface area (Å²) in [7, 11) is 0. The highest BCUT2D eigenvalue weighted by Crippen LogP contribution is 2.22. The van der Waals surface area contributed by atoms with Crippen LogP contribution in [0.2, 0.25) is 5.02 Å². The van der Waals surface area contributed by atoms with E-state index >= 15 is 0 Å². The number of hydrogen-bond acceptors (Lipinski definition) is 3. The van der Waals surface area contributed by atoms with Gasteiger partial charge in [0.05, 0.1) is 11.1 Å². The van der Waals surface area contributed by atoms with Crippen molar-refractivity contribution in [3.05, 3.63) is 45.5 Å². The fourth-order valence-corrected chi connectivity index (χ4v) is 2.23. The Kier molecular flexibility index (Phi) is 3.41. The van der Waals surface area contributed by atoms with E-state index < -0.39 is 5.82 Å². The van der Waals surface area contributed by atoms with E-state index in [1.807, 2.05) is 23.8 Å². The first-order valence-corrected chi connectivity index (χ1v) is 6.08. The number of thiophene rings is 1. The molecule has 2 aromatic heterocycles. The second kappa shape index (κ2) is 4.80. The summed E-state index contributed by atoms with van der Waals surface area (Å²) in [6.07, 6.45) is 1.42. The molecule has 0 radical (unpaired) electrons. The third-order valence-corrected chi connectivity index (χ3v) is 3.11. The molecule has 1 unspecified atom stereocenters. The predicted octanol–water partition coefficient (Wildman–Crippen LogP) is 4.11. The quantitative estimate of drug-likeness (QED) is 0.894. The average Bonchev–Trinajstić information content (AvgIpc) is 2.75. The molecule has 2 heterocycles. The van der Waals surface area contributed by atoms with Crippen molar-refractivity contribution in [1.82, 2.24) is 4.98 Å². The molecule has 16 heavy (non-hydrogen) atoms. The molecule has 2 rings (SSSR count). The van der Waals surface area contributed by atoms with Crippen LogP contribution in [0.5, 0.6) is 0 Å². The van der Waals surface area contributed by atoms with Gasteiger partial charge in [-0.2, -0.15) is 11.3 Å². The molecule has 2 aromatic rings. The van der Waals surface area contributed by atoms with Gasteiger partial charge >= 0.3 is 0 Å². The van der Waals surface area contributed by atoms with Gasteiger partial charge in [0.2, 0.25) is 0 Å². The highest BCUT2D eigenvalue weighted by atomic mass is 35.5. The van der Waals surface area contributed by atoms with Crippen molar-refractivity contribution in [2.75, 3.05) is 5.32 Å². The van der Waals surface area contributed by atoms with Crippen LogP contribution < -0.4 is 5.32 Å². The van der Waals surface area contributed by atoms with Crippen LogP contribution in [-0.4, -0.2) is 4.98 Å². The Balaban J connectivity index is 2.15. The number of nitrogens with one attached hydrogen (secondary N) is 1. The van der Waals surface area contributed by atoms with Gasteiger partial charge in [-0.1, -0.05) is 11.6 Å². The Bertz CT molecular complexity index is 473. The van der Waals surface area contributed by atoms with Crippen LogP contribution in [0.1, 0.15) is 18.5 Å². The summed E-state index contributed by atoms with van der Waals surface area (Å²) in [5.74, 6) is -0.210. The molecule has 0 saturated heterocycles. The van der Waals surface area contributed by atoms with Crippen LogP contribution in [-0.2, 0) is 0 Å². The zero-order valence-corrected chi connectivity index (χ0v) is 10.1. The summed E-state index contributed by atoms with van der Waals surface area (Å²) in [5, 5.41) is 7.30. The minimum atomic E-state index is -0.436. The van der Waals surface area contributed by atoms with E-state index in [1.54, 1.807) is 11.3 Å². The molecule has 0 aromatic carbocycles. The van der Waals surface area contributed by atoms with E-state index in [0.29, 0.717) is 5.02 Å². The Labute approximate surface area is 102 Å². The summed E-state index contributed by atoms with van der Waals surface area (Å²) in [5.41, 5.74) is 1.11. The molecule has 0 bridgehead atoms. The largest absolute Gasteiger partial charge is 0.361 e. The average molecular weight is 257 g/mol. The third kappa shape index (κ3) is 2.51. The Morgan fingerprint density at radius 1 is 1.56 bits per heavy atom. The van der Waals surface area contributed by atoms with E-state index in [4.69, 9.17) is 11.6 Å². The fourth-order valence-electron chi connectivity index (χ4n) is 1.33. The van der Waals surface area contributed by atoms with Crippen LogP contribution in [0, 0.1) is 5.82 Å². The molecule has 0 amide bonds. The maximum atomic E-state index is 13.4. The topological polar surface area (TPSA) is 24.9 Å². The third-order valence-electron chi connectivity index (χ3n) is 2.20. The number of rotatable bonds is 3. The van der Waals surface area contributed by atoms with Crippen molar-refractivity contribution in [2.45, 2.75) is 13.0 Å². The molecule has 84 valence electrons. The first-order chi connectivity index (χ1) is 7.66. The molecule has 0 saturated carbocycles. The van der Waals surface area contributed by atoms with Gasteiger partial charge in [-0.3, -0.25) is 0 Å². The van der Waals surface area contributed by atoms with Gasteiger partial charge in [0.1, 0.15) is 0 Å². The van der Waals surface area contributed by atoms with Gasteiger partial charge in [0, 0.05) is 6.20 Å². The molecule has 0 aliphatic carbocycles. The fraction of sp³-hybridized carbons (Fsp3) is 0.182. The smallest absolute Gasteiger partial charge is 0.166 e. The van der Waals surface area contributed by atoms with E-state index in [1.165, 1.54) is 12.3 Å². The lowest BCUT2D eigenvalue weighted by Crippen LogP contribution is -2.08. The van der Waals surface area contributed by atoms with Gasteiger partial charge in [-0.05, 0) is 35.4 Å². The van der Waals surface area contributed by atoms with E-state index in [2.05, 4.69) is 10.3 Å². The lowest BCUT2D eigenvalue weighted by molar-refractivity contribution is 0.621. The van der Waals surface area contributed by atoms with Crippen molar-refractivity contribution in [3.63, 3.8) is 0 Å². The minimum absolute atomic E-state index is 0.0226. The first-order valence-electron chi connectivity index (χ1n) is 4.76. The molecule has 0 fully saturated rings. The molecule has 0 aliphatic heterocycles. The molecular formula is C11H10ClFN2S. The molecular weight excluding hydrogens is 247 g/mol. The Hall–Kier alpha value is -1.13. The number of anilines is 1. The lowest BCUT2D eigenvalue weighted by atomic mass is 10.2. The number of hydrogen-bond donors (Lipinski definition) is 1. The second-order valence-electron chi connectivity index (χ2n) is 3.41. The zero-order valence-electron chi connectivity index (χ0n) is 8.58. The van der Waals surface area contributed by atoms with Gasteiger partial charge in [0.25, 0.3) is 0 Å². The van der Waals surface area contributed by atoms with E-state index in [0.717, 1.165) is 5.56 Å². The monoisotopic (exact) mass is 256 g/mol. The maximum absolute atomic E-state index is 13.4. The normalized spacial score (nSPS) is 12.4. The highest BCUT2D eigenvalue weighted by molar-refractivity contribution is 7.07. The first kappa shape index (κ1) is 11.4. The summed E-state index contributed by atoms with van der Waals surface area (Å²) in [6.45, 7) is 1.96.